The highest BCUT2D eigenvalue weighted by molar-refractivity contribution is 6.00. The van der Waals surface area contributed by atoms with Crippen LogP contribution in [0, 0.1) is 0 Å². The molecule has 0 bridgehead atoms. The van der Waals surface area contributed by atoms with Crippen molar-refractivity contribution in [2.45, 2.75) is 10.8 Å². The van der Waals surface area contributed by atoms with Crippen molar-refractivity contribution in [3.63, 3.8) is 0 Å². The minimum atomic E-state index is -0.531. The normalized spacial score (nSPS) is 13.7. The molecule has 0 amide bonds. The molecule has 0 saturated heterocycles. The van der Waals surface area contributed by atoms with Crippen LogP contribution in [0.5, 0.6) is 0 Å². The van der Waals surface area contributed by atoms with Crippen molar-refractivity contribution >= 4 is 17.1 Å². The number of rotatable bonds is 8. The molecule has 1 nitrogen and oxygen atoms in total. The Kier molecular flexibility index (Phi) is 8.69. The van der Waals surface area contributed by atoms with E-state index in [-0.39, 0.29) is 0 Å². The molecule has 0 atom stereocenters. The summed E-state index contributed by atoms with van der Waals surface area (Å²) in [6.45, 7) is 0. The summed E-state index contributed by atoms with van der Waals surface area (Å²) in [5, 5.41) is 0. The summed E-state index contributed by atoms with van der Waals surface area (Å²) in [6, 6.07) is 96.4. The van der Waals surface area contributed by atoms with Crippen LogP contribution in [0.1, 0.15) is 44.5 Å². The van der Waals surface area contributed by atoms with Crippen LogP contribution >= 0.6 is 0 Å². The quantitative estimate of drug-likeness (QED) is 0.148. The first-order valence-corrected chi connectivity index (χ1v) is 21.9. The maximum atomic E-state index is 2.54. The number of hydrogen-bond acceptors (Lipinski definition) is 1. The van der Waals surface area contributed by atoms with Crippen LogP contribution in [0.25, 0.3) is 33.4 Å². The van der Waals surface area contributed by atoms with Crippen LogP contribution in [-0.2, 0) is 10.8 Å². The van der Waals surface area contributed by atoms with Gasteiger partial charge < -0.3 is 4.90 Å². The monoisotopic (exact) mass is 801 g/mol. The molecule has 0 unspecified atom stereocenters. The van der Waals surface area contributed by atoms with Gasteiger partial charge in [-0.15, -0.1) is 0 Å². The van der Waals surface area contributed by atoms with Crippen LogP contribution in [0.4, 0.5) is 17.1 Å². The maximum absolute atomic E-state index is 2.54. The van der Waals surface area contributed by atoms with E-state index in [9.17, 15) is 0 Å². The van der Waals surface area contributed by atoms with Gasteiger partial charge in [0.15, 0.2) is 0 Å². The third kappa shape index (κ3) is 5.43. The molecule has 10 aromatic carbocycles. The summed E-state index contributed by atoms with van der Waals surface area (Å²) in [6.07, 6.45) is 0. The van der Waals surface area contributed by atoms with Crippen LogP contribution < -0.4 is 4.90 Å². The Morgan fingerprint density at radius 2 is 0.651 bits per heavy atom. The zero-order valence-corrected chi connectivity index (χ0v) is 34.8. The van der Waals surface area contributed by atoms with E-state index < -0.39 is 10.8 Å². The number of para-hydroxylation sites is 1. The SMILES string of the molecule is c1ccc(-c2ccccc2N(c2ccc3c(c2)-c2ccccc2C3(c2ccccc2)c2ccccc2)c2cccc3c2-c2ccccc2C3(c2ccccc2)c2ccccc2)cc1. The fourth-order valence-electron chi connectivity index (χ4n) is 11.2. The van der Waals surface area contributed by atoms with Gasteiger partial charge in [-0.2, -0.15) is 0 Å². The molecule has 0 aromatic heterocycles. The maximum Gasteiger partial charge on any atom is 0.0714 e. The first-order chi connectivity index (χ1) is 31.3. The third-order valence-electron chi connectivity index (χ3n) is 13.6. The smallest absolute Gasteiger partial charge is 0.0714 e. The van der Waals surface area contributed by atoms with Crippen molar-refractivity contribution in [2.75, 3.05) is 4.90 Å². The average Bonchev–Trinajstić information content (AvgIpc) is 3.84. The number of fused-ring (bicyclic) bond motifs is 6. The van der Waals surface area contributed by atoms with Gasteiger partial charge in [-0.05, 0) is 91.0 Å². The van der Waals surface area contributed by atoms with Crippen molar-refractivity contribution in [2.24, 2.45) is 0 Å². The van der Waals surface area contributed by atoms with Crippen molar-refractivity contribution in [1.82, 2.24) is 0 Å². The van der Waals surface area contributed by atoms with Gasteiger partial charge in [0.1, 0.15) is 0 Å². The van der Waals surface area contributed by atoms with Crippen LogP contribution in [-0.4, -0.2) is 0 Å². The van der Waals surface area contributed by atoms with Crippen LogP contribution in [0.2, 0.25) is 0 Å². The second kappa shape index (κ2) is 14.9. The molecule has 0 saturated carbocycles. The minimum absolute atomic E-state index is 0.488. The Hall–Kier alpha value is -8.00. The predicted molar refractivity (Wildman–Crippen MR) is 261 cm³/mol. The molecule has 0 aliphatic heterocycles. The van der Waals surface area contributed by atoms with Crippen molar-refractivity contribution in [1.29, 1.82) is 0 Å². The fourth-order valence-corrected chi connectivity index (χ4v) is 11.2. The van der Waals surface area contributed by atoms with Crippen molar-refractivity contribution < 1.29 is 0 Å². The van der Waals surface area contributed by atoms with E-state index in [0.717, 1.165) is 17.1 Å². The van der Waals surface area contributed by atoms with E-state index in [1.807, 2.05) is 0 Å². The molecule has 12 rings (SSSR count). The van der Waals surface area contributed by atoms with Gasteiger partial charge in [0.05, 0.1) is 22.2 Å². The summed E-state index contributed by atoms with van der Waals surface area (Å²) in [5.41, 5.74) is 19.9. The highest BCUT2D eigenvalue weighted by atomic mass is 15.1. The number of benzene rings is 10. The summed E-state index contributed by atoms with van der Waals surface area (Å²) < 4.78 is 0. The number of hydrogen-bond donors (Lipinski definition) is 0. The summed E-state index contributed by atoms with van der Waals surface area (Å²) in [4.78, 5) is 2.54. The molecule has 10 aromatic rings. The fraction of sp³-hybridized carbons (Fsp3) is 0.0323. The second-order valence-electron chi connectivity index (χ2n) is 16.7. The summed E-state index contributed by atoms with van der Waals surface area (Å²) in [5.74, 6) is 0. The Balaban J connectivity index is 1.17. The van der Waals surface area contributed by atoms with E-state index in [1.54, 1.807) is 0 Å². The predicted octanol–water partition coefficient (Wildman–Crippen LogP) is 15.5. The number of anilines is 3. The second-order valence-corrected chi connectivity index (χ2v) is 16.7. The lowest BCUT2D eigenvalue weighted by atomic mass is 9.67. The third-order valence-corrected chi connectivity index (χ3v) is 13.6. The molecular weight excluding hydrogens is 759 g/mol. The van der Waals surface area contributed by atoms with E-state index in [1.165, 1.54) is 77.9 Å². The Morgan fingerprint density at radius 1 is 0.254 bits per heavy atom. The van der Waals surface area contributed by atoms with Gasteiger partial charge in [-0.25, -0.2) is 0 Å². The van der Waals surface area contributed by atoms with Gasteiger partial charge in [0.25, 0.3) is 0 Å². The van der Waals surface area contributed by atoms with Gasteiger partial charge >= 0.3 is 0 Å². The first kappa shape index (κ1) is 36.8. The van der Waals surface area contributed by atoms with Gasteiger partial charge in [-0.3, -0.25) is 0 Å². The van der Waals surface area contributed by atoms with Crippen molar-refractivity contribution in [3.05, 3.63) is 305 Å². The van der Waals surface area contributed by atoms with Gasteiger partial charge in [-0.1, -0.05) is 237 Å². The molecule has 0 radical (unpaired) electrons. The first-order valence-electron chi connectivity index (χ1n) is 21.9. The van der Waals surface area contributed by atoms with Crippen LogP contribution in [0.3, 0.4) is 0 Å². The standard InChI is InChI=1S/C62H43N/c1-6-23-44(24-7-1)50-33-18-21-39-58(50)63(49-41-42-56-53(43-49)51-34-16-19-36-54(51)61(56,45-25-8-2-9-26-45)46-27-10-3-11-28-46)59-40-22-38-57-60(59)52-35-17-20-37-55(52)62(57,47-29-12-4-13-30-47)48-31-14-5-15-32-48/h1-43H. The molecule has 2 aliphatic carbocycles. The Morgan fingerprint density at radius 3 is 1.22 bits per heavy atom. The van der Waals surface area contributed by atoms with E-state index in [2.05, 4.69) is 266 Å². The van der Waals surface area contributed by atoms with E-state index in [0.29, 0.717) is 0 Å². The molecule has 0 fully saturated rings. The molecule has 0 N–H and O–H groups in total. The molecule has 2 aliphatic rings. The molecule has 0 heterocycles. The Bertz CT molecular complexity index is 3190. The molecule has 63 heavy (non-hydrogen) atoms. The average molecular weight is 802 g/mol. The van der Waals surface area contributed by atoms with E-state index >= 15 is 0 Å². The lowest BCUT2D eigenvalue weighted by Gasteiger charge is -2.35. The number of nitrogens with zero attached hydrogens (tertiary/aromatic N) is 1. The van der Waals surface area contributed by atoms with Crippen molar-refractivity contribution in [3.8, 4) is 33.4 Å². The summed E-state index contributed by atoms with van der Waals surface area (Å²) in [7, 11) is 0. The minimum Gasteiger partial charge on any atom is -0.309 e. The zero-order chi connectivity index (χ0) is 41.8. The topological polar surface area (TPSA) is 3.24 Å². The van der Waals surface area contributed by atoms with E-state index in [4.69, 9.17) is 0 Å². The molecule has 0 spiro atoms. The zero-order valence-electron chi connectivity index (χ0n) is 34.8. The van der Waals surface area contributed by atoms with Gasteiger partial charge in [0, 0.05) is 16.8 Å². The van der Waals surface area contributed by atoms with Crippen LogP contribution in [0.15, 0.2) is 261 Å². The Labute approximate surface area is 369 Å². The largest absolute Gasteiger partial charge is 0.309 e. The lowest BCUT2D eigenvalue weighted by molar-refractivity contribution is 0.768. The molecule has 296 valence electrons. The highest BCUT2D eigenvalue weighted by Gasteiger charge is 2.48. The van der Waals surface area contributed by atoms with Gasteiger partial charge in [0.2, 0.25) is 0 Å². The lowest BCUT2D eigenvalue weighted by Crippen LogP contribution is -2.28. The summed E-state index contributed by atoms with van der Waals surface area (Å²) >= 11 is 0. The highest BCUT2D eigenvalue weighted by Crippen LogP contribution is 2.61. The molecular formula is C62H43N. The molecule has 1 heteroatoms.